The third-order valence-corrected chi connectivity index (χ3v) is 4.06. The molecule has 0 aromatic heterocycles. The molecule has 1 unspecified atom stereocenters. The first-order chi connectivity index (χ1) is 9.87. The molecule has 0 amide bonds. The highest BCUT2D eigenvalue weighted by Gasteiger charge is 2.26. The Morgan fingerprint density at radius 2 is 1.81 bits per heavy atom. The maximum Gasteiger partial charge on any atom is 0.189 e. The largest absolute Gasteiger partial charge is 0.379 e. The fourth-order valence-electron chi connectivity index (χ4n) is 2.92. The summed E-state index contributed by atoms with van der Waals surface area (Å²) in [4.78, 5) is 7.13. The van der Waals surface area contributed by atoms with Crippen molar-refractivity contribution in [1.29, 1.82) is 0 Å². The van der Waals surface area contributed by atoms with Crippen molar-refractivity contribution in [3.8, 4) is 0 Å². The number of nitrogens with zero attached hydrogens (tertiary/aromatic N) is 2. The first-order valence-corrected chi connectivity index (χ1v) is 8.27. The number of nitrogens with one attached hydrogen (secondary N) is 1. The van der Waals surface area contributed by atoms with Crippen LogP contribution < -0.4 is 11.1 Å². The molecule has 5 heteroatoms. The van der Waals surface area contributed by atoms with E-state index in [0.717, 1.165) is 32.8 Å². The molecular weight excluding hydrogens is 264 g/mol. The van der Waals surface area contributed by atoms with E-state index in [1.165, 1.54) is 12.8 Å². The van der Waals surface area contributed by atoms with E-state index < -0.39 is 0 Å². The zero-order valence-electron chi connectivity index (χ0n) is 14.5. The molecule has 124 valence electrons. The normalized spacial score (nSPS) is 19.8. The highest BCUT2D eigenvalue weighted by Crippen LogP contribution is 2.20. The monoisotopic (exact) mass is 298 g/mol. The molecule has 1 saturated heterocycles. The SMILES string of the molecule is CCC(CC)C(CN=C(N)NC(C)(C)C)N1CCOCC1. The van der Waals surface area contributed by atoms with Gasteiger partial charge in [0.25, 0.3) is 0 Å². The van der Waals surface area contributed by atoms with Crippen LogP contribution in [-0.4, -0.2) is 55.3 Å². The Labute approximate surface area is 130 Å². The van der Waals surface area contributed by atoms with Crippen molar-refractivity contribution in [3.05, 3.63) is 0 Å². The van der Waals surface area contributed by atoms with Gasteiger partial charge in [0.2, 0.25) is 0 Å². The number of ether oxygens (including phenoxy) is 1. The number of rotatable bonds is 6. The van der Waals surface area contributed by atoms with Crippen LogP contribution in [0.3, 0.4) is 0 Å². The highest BCUT2D eigenvalue weighted by molar-refractivity contribution is 5.78. The van der Waals surface area contributed by atoms with Gasteiger partial charge >= 0.3 is 0 Å². The summed E-state index contributed by atoms with van der Waals surface area (Å²) in [6.07, 6.45) is 2.36. The minimum atomic E-state index is -0.0447. The zero-order valence-corrected chi connectivity index (χ0v) is 14.5. The van der Waals surface area contributed by atoms with Gasteiger partial charge in [-0.05, 0) is 26.7 Å². The smallest absolute Gasteiger partial charge is 0.189 e. The Hall–Kier alpha value is -0.810. The lowest BCUT2D eigenvalue weighted by molar-refractivity contribution is 0.00396. The van der Waals surface area contributed by atoms with E-state index in [1.807, 2.05) is 0 Å². The van der Waals surface area contributed by atoms with Gasteiger partial charge in [0.05, 0.1) is 19.8 Å². The Kier molecular flexibility index (Phi) is 7.46. The standard InChI is InChI=1S/C16H34N4O/c1-6-13(7-2)14(20-8-10-21-11-9-20)12-18-15(17)19-16(3,4)5/h13-14H,6-12H2,1-5H3,(H3,17,18,19). The van der Waals surface area contributed by atoms with Gasteiger partial charge in [0.1, 0.15) is 0 Å². The van der Waals surface area contributed by atoms with Gasteiger partial charge < -0.3 is 15.8 Å². The van der Waals surface area contributed by atoms with Gasteiger partial charge in [-0.25, -0.2) is 0 Å². The van der Waals surface area contributed by atoms with Crippen molar-refractivity contribution in [2.45, 2.75) is 59.0 Å². The molecule has 1 fully saturated rings. The van der Waals surface area contributed by atoms with Crippen LogP contribution in [0, 0.1) is 5.92 Å². The number of hydrogen-bond acceptors (Lipinski definition) is 3. The Bertz CT molecular complexity index is 315. The fourth-order valence-corrected chi connectivity index (χ4v) is 2.92. The van der Waals surface area contributed by atoms with Crippen molar-refractivity contribution in [2.24, 2.45) is 16.6 Å². The summed E-state index contributed by atoms with van der Waals surface area (Å²) in [6.45, 7) is 15.2. The molecule has 0 saturated carbocycles. The van der Waals surface area contributed by atoms with Crippen molar-refractivity contribution < 1.29 is 4.74 Å². The van der Waals surface area contributed by atoms with Crippen LogP contribution in [0.1, 0.15) is 47.5 Å². The van der Waals surface area contributed by atoms with Gasteiger partial charge in [0, 0.05) is 24.7 Å². The molecular formula is C16H34N4O. The third-order valence-electron chi connectivity index (χ3n) is 4.06. The quantitative estimate of drug-likeness (QED) is 0.580. The molecule has 1 atom stereocenters. The number of morpholine rings is 1. The van der Waals surface area contributed by atoms with Gasteiger partial charge in [-0.3, -0.25) is 9.89 Å². The minimum absolute atomic E-state index is 0.0447. The lowest BCUT2D eigenvalue weighted by Gasteiger charge is -2.38. The van der Waals surface area contributed by atoms with Crippen molar-refractivity contribution >= 4 is 5.96 Å². The summed E-state index contributed by atoms with van der Waals surface area (Å²) >= 11 is 0. The van der Waals surface area contributed by atoms with E-state index in [4.69, 9.17) is 10.5 Å². The lowest BCUT2D eigenvalue weighted by Crippen LogP contribution is -2.49. The molecule has 0 aliphatic carbocycles. The molecule has 0 radical (unpaired) electrons. The van der Waals surface area contributed by atoms with Crippen LogP contribution in [0.2, 0.25) is 0 Å². The summed E-state index contributed by atoms with van der Waals surface area (Å²) in [5, 5.41) is 3.24. The average Bonchev–Trinajstić information content (AvgIpc) is 2.42. The molecule has 0 bridgehead atoms. The first-order valence-electron chi connectivity index (χ1n) is 8.27. The van der Waals surface area contributed by atoms with Crippen molar-refractivity contribution in [1.82, 2.24) is 10.2 Å². The minimum Gasteiger partial charge on any atom is -0.379 e. The van der Waals surface area contributed by atoms with Gasteiger partial charge in [0.15, 0.2) is 5.96 Å². The van der Waals surface area contributed by atoms with Crippen LogP contribution in [0.4, 0.5) is 0 Å². The molecule has 0 aromatic rings. The average molecular weight is 298 g/mol. The van der Waals surface area contributed by atoms with E-state index in [0.29, 0.717) is 17.9 Å². The van der Waals surface area contributed by atoms with Crippen LogP contribution in [0.5, 0.6) is 0 Å². The van der Waals surface area contributed by atoms with E-state index in [9.17, 15) is 0 Å². The number of nitrogens with two attached hydrogens (primary N) is 1. The second kappa shape index (κ2) is 8.59. The van der Waals surface area contributed by atoms with Gasteiger partial charge in [-0.2, -0.15) is 0 Å². The number of aliphatic imine (C=N–C) groups is 1. The van der Waals surface area contributed by atoms with Crippen molar-refractivity contribution in [3.63, 3.8) is 0 Å². The molecule has 0 spiro atoms. The van der Waals surface area contributed by atoms with E-state index in [2.05, 4.69) is 49.8 Å². The second-order valence-electron chi connectivity index (χ2n) is 6.89. The topological polar surface area (TPSA) is 62.9 Å². The van der Waals surface area contributed by atoms with Crippen LogP contribution in [0.15, 0.2) is 4.99 Å². The van der Waals surface area contributed by atoms with Crippen LogP contribution in [-0.2, 0) is 4.74 Å². The van der Waals surface area contributed by atoms with Crippen LogP contribution in [0.25, 0.3) is 0 Å². The lowest BCUT2D eigenvalue weighted by atomic mass is 9.92. The molecule has 0 aromatic carbocycles. The summed E-state index contributed by atoms with van der Waals surface area (Å²) in [5.41, 5.74) is 5.97. The number of hydrogen-bond donors (Lipinski definition) is 2. The van der Waals surface area contributed by atoms with Crippen molar-refractivity contribution in [2.75, 3.05) is 32.8 Å². The number of guanidine groups is 1. The summed E-state index contributed by atoms with van der Waals surface area (Å²) in [7, 11) is 0. The second-order valence-corrected chi connectivity index (χ2v) is 6.89. The molecule has 1 heterocycles. The Morgan fingerprint density at radius 3 is 2.29 bits per heavy atom. The third kappa shape index (κ3) is 6.66. The Morgan fingerprint density at radius 1 is 1.24 bits per heavy atom. The maximum atomic E-state index is 6.02. The van der Waals surface area contributed by atoms with E-state index >= 15 is 0 Å². The summed E-state index contributed by atoms with van der Waals surface area (Å²) in [5.74, 6) is 1.21. The van der Waals surface area contributed by atoms with E-state index in [1.54, 1.807) is 0 Å². The molecule has 1 rings (SSSR count). The summed E-state index contributed by atoms with van der Waals surface area (Å²) in [6, 6.07) is 0.462. The molecule has 21 heavy (non-hydrogen) atoms. The maximum absolute atomic E-state index is 6.02. The highest BCUT2D eigenvalue weighted by atomic mass is 16.5. The van der Waals surface area contributed by atoms with Gasteiger partial charge in [-0.1, -0.05) is 26.7 Å². The van der Waals surface area contributed by atoms with Gasteiger partial charge in [-0.15, -0.1) is 0 Å². The predicted octanol–water partition coefficient (Wildman–Crippen LogP) is 1.83. The molecule has 1 aliphatic rings. The van der Waals surface area contributed by atoms with E-state index in [-0.39, 0.29) is 5.54 Å². The first kappa shape index (κ1) is 18.2. The molecule has 3 N–H and O–H groups in total. The predicted molar refractivity (Wildman–Crippen MR) is 89.6 cm³/mol. The summed E-state index contributed by atoms with van der Waals surface area (Å²) < 4.78 is 5.47. The Balaban J connectivity index is 2.70. The van der Waals surface area contributed by atoms with Crippen LogP contribution >= 0.6 is 0 Å². The molecule has 5 nitrogen and oxygen atoms in total. The molecule has 1 aliphatic heterocycles. The zero-order chi connectivity index (χ0) is 15.9. The fraction of sp³-hybridized carbons (Fsp3) is 0.938.